The molecule has 3 aromatic rings. The predicted octanol–water partition coefficient (Wildman–Crippen LogP) is 4.77. The van der Waals surface area contributed by atoms with Gasteiger partial charge in [-0.25, -0.2) is 0 Å². The number of thioether (sulfide) groups is 1. The summed E-state index contributed by atoms with van der Waals surface area (Å²) in [5.41, 5.74) is 4.05. The molecule has 6 nitrogen and oxygen atoms in total. The van der Waals surface area contributed by atoms with Gasteiger partial charge in [-0.3, -0.25) is 4.79 Å². The van der Waals surface area contributed by atoms with Gasteiger partial charge in [0, 0.05) is 30.0 Å². The van der Waals surface area contributed by atoms with E-state index in [2.05, 4.69) is 32.5 Å². The molecule has 1 N–H and O–H groups in total. The Morgan fingerprint density at radius 2 is 1.76 bits per heavy atom. The van der Waals surface area contributed by atoms with Crippen LogP contribution in [0.1, 0.15) is 24.8 Å². The highest BCUT2D eigenvalue weighted by atomic mass is 32.2. The maximum atomic E-state index is 12.3. The van der Waals surface area contributed by atoms with Crippen LogP contribution in [0.15, 0.2) is 58.2 Å². The number of benzene rings is 2. The van der Waals surface area contributed by atoms with Crippen molar-refractivity contribution >= 4 is 29.0 Å². The van der Waals surface area contributed by atoms with E-state index in [4.69, 9.17) is 4.42 Å². The number of nitrogens with one attached hydrogen (secondary N) is 1. The minimum absolute atomic E-state index is 0.101. The molecule has 2 aromatic carbocycles. The lowest BCUT2D eigenvalue weighted by Crippen LogP contribution is -2.29. The molecule has 0 aliphatic carbocycles. The summed E-state index contributed by atoms with van der Waals surface area (Å²) in [5.74, 6) is 0.570. The Labute approximate surface area is 174 Å². The molecule has 0 bridgehead atoms. The van der Waals surface area contributed by atoms with Crippen molar-refractivity contribution in [2.45, 2.75) is 31.4 Å². The average Bonchev–Trinajstić information content (AvgIpc) is 3.23. The summed E-state index contributed by atoms with van der Waals surface area (Å²) in [7, 11) is 0. The molecular weight excluding hydrogens is 384 g/mol. The lowest BCUT2D eigenvalue weighted by atomic mass is 10.1. The standard InChI is InChI=1S/C22H24N4O2S/c1-16-5-7-17(8-6-16)21-24-25-22(28-21)29-15-20(27)23-18-9-11-19(12-10-18)26-13-3-2-4-14-26/h5-12H,2-4,13-15H2,1H3,(H,23,27). The molecule has 0 saturated carbocycles. The smallest absolute Gasteiger partial charge is 0.277 e. The van der Waals surface area contributed by atoms with Crippen LogP contribution in [0.2, 0.25) is 0 Å². The van der Waals surface area contributed by atoms with Gasteiger partial charge in [-0.05, 0) is 62.6 Å². The topological polar surface area (TPSA) is 71.3 Å². The molecule has 2 heterocycles. The number of piperidine rings is 1. The van der Waals surface area contributed by atoms with Crippen molar-refractivity contribution in [3.63, 3.8) is 0 Å². The highest BCUT2D eigenvalue weighted by Crippen LogP contribution is 2.24. The zero-order chi connectivity index (χ0) is 20.1. The molecule has 0 spiro atoms. The number of anilines is 2. The molecule has 1 amide bonds. The molecule has 1 aliphatic heterocycles. The maximum absolute atomic E-state index is 12.3. The monoisotopic (exact) mass is 408 g/mol. The number of carbonyl (C=O) groups excluding carboxylic acids is 1. The fraction of sp³-hybridized carbons (Fsp3) is 0.318. The summed E-state index contributed by atoms with van der Waals surface area (Å²) in [6, 6.07) is 15.9. The van der Waals surface area contributed by atoms with E-state index in [1.807, 2.05) is 43.3 Å². The van der Waals surface area contributed by atoms with E-state index >= 15 is 0 Å². The normalized spacial score (nSPS) is 14.0. The molecule has 1 aliphatic rings. The first kappa shape index (κ1) is 19.5. The van der Waals surface area contributed by atoms with Gasteiger partial charge in [-0.1, -0.05) is 29.5 Å². The number of amides is 1. The molecule has 4 rings (SSSR count). The van der Waals surface area contributed by atoms with Crippen molar-refractivity contribution in [1.82, 2.24) is 10.2 Å². The van der Waals surface area contributed by atoms with Gasteiger partial charge in [0.05, 0.1) is 5.75 Å². The number of hydrogen-bond donors (Lipinski definition) is 1. The van der Waals surface area contributed by atoms with E-state index in [0.717, 1.165) is 24.3 Å². The van der Waals surface area contributed by atoms with Crippen LogP contribution in [0.5, 0.6) is 0 Å². The van der Waals surface area contributed by atoms with Gasteiger partial charge in [0.25, 0.3) is 5.22 Å². The van der Waals surface area contributed by atoms with E-state index < -0.39 is 0 Å². The minimum Gasteiger partial charge on any atom is -0.411 e. The van der Waals surface area contributed by atoms with Crippen LogP contribution >= 0.6 is 11.8 Å². The first-order valence-electron chi connectivity index (χ1n) is 9.85. The Morgan fingerprint density at radius 1 is 1.03 bits per heavy atom. The molecule has 1 fully saturated rings. The Hall–Kier alpha value is -2.80. The molecule has 1 aromatic heterocycles. The van der Waals surface area contributed by atoms with Crippen molar-refractivity contribution in [3.8, 4) is 11.5 Å². The molecule has 7 heteroatoms. The number of rotatable bonds is 6. The second-order valence-electron chi connectivity index (χ2n) is 7.17. The number of carbonyl (C=O) groups is 1. The fourth-order valence-corrected chi connectivity index (χ4v) is 3.88. The summed E-state index contributed by atoms with van der Waals surface area (Å²) in [5, 5.41) is 11.4. The molecule has 0 atom stereocenters. The molecule has 1 saturated heterocycles. The van der Waals surface area contributed by atoms with E-state index in [0.29, 0.717) is 11.1 Å². The number of nitrogens with zero attached hydrogens (tertiary/aromatic N) is 3. The maximum Gasteiger partial charge on any atom is 0.277 e. The van der Waals surface area contributed by atoms with E-state index in [1.54, 1.807) is 0 Å². The van der Waals surface area contributed by atoms with Gasteiger partial charge in [0.15, 0.2) is 0 Å². The van der Waals surface area contributed by atoms with Crippen LogP contribution < -0.4 is 10.2 Å². The highest BCUT2D eigenvalue weighted by molar-refractivity contribution is 7.99. The van der Waals surface area contributed by atoms with Crippen molar-refractivity contribution < 1.29 is 9.21 Å². The third-order valence-corrected chi connectivity index (χ3v) is 5.72. The summed E-state index contributed by atoms with van der Waals surface area (Å²) in [4.78, 5) is 14.6. The molecule has 0 unspecified atom stereocenters. The first-order chi connectivity index (χ1) is 14.2. The summed E-state index contributed by atoms with van der Waals surface area (Å²) in [6.45, 7) is 4.24. The van der Waals surface area contributed by atoms with Crippen LogP contribution in [-0.2, 0) is 4.79 Å². The Kier molecular flexibility index (Phi) is 6.14. The van der Waals surface area contributed by atoms with E-state index in [-0.39, 0.29) is 11.7 Å². The van der Waals surface area contributed by atoms with E-state index in [9.17, 15) is 4.79 Å². The van der Waals surface area contributed by atoms with Crippen LogP contribution in [-0.4, -0.2) is 34.9 Å². The quantitative estimate of drug-likeness (QED) is 0.593. The molecular formula is C22H24N4O2S. The number of aromatic nitrogens is 2. The number of hydrogen-bond acceptors (Lipinski definition) is 6. The van der Waals surface area contributed by atoms with Crippen molar-refractivity contribution in [1.29, 1.82) is 0 Å². The lowest BCUT2D eigenvalue weighted by Gasteiger charge is -2.28. The Bertz CT molecular complexity index is 948. The van der Waals surface area contributed by atoms with Crippen molar-refractivity contribution in [2.75, 3.05) is 29.1 Å². The Balaban J connectivity index is 1.28. The Morgan fingerprint density at radius 3 is 2.48 bits per heavy atom. The average molecular weight is 409 g/mol. The summed E-state index contributed by atoms with van der Waals surface area (Å²) >= 11 is 1.23. The second-order valence-corrected chi connectivity index (χ2v) is 8.10. The van der Waals surface area contributed by atoms with Gasteiger partial charge >= 0.3 is 0 Å². The zero-order valence-electron chi connectivity index (χ0n) is 16.4. The van der Waals surface area contributed by atoms with Crippen molar-refractivity contribution in [3.05, 3.63) is 54.1 Å². The van der Waals surface area contributed by atoms with Gasteiger partial charge in [0.1, 0.15) is 0 Å². The van der Waals surface area contributed by atoms with Crippen molar-refractivity contribution in [2.24, 2.45) is 0 Å². The molecule has 150 valence electrons. The lowest BCUT2D eigenvalue weighted by molar-refractivity contribution is -0.113. The van der Waals surface area contributed by atoms with Gasteiger partial charge in [-0.2, -0.15) is 0 Å². The zero-order valence-corrected chi connectivity index (χ0v) is 17.2. The van der Waals surface area contributed by atoms with Gasteiger partial charge < -0.3 is 14.6 Å². The SMILES string of the molecule is Cc1ccc(-c2nnc(SCC(=O)Nc3ccc(N4CCCCC4)cc3)o2)cc1. The molecule has 0 radical (unpaired) electrons. The second kappa shape index (κ2) is 9.13. The van der Waals surface area contributed by atoms with E-state index in [1.165, 1.54) is 42.3 Å². The highest BCUT2D eigenvalue weighted by Gasteiger charge is 2.13. The summed E-state index contributed by atoms with van der Waals surface area (Å²) < 4.78 is 5.65. The third kappa shape index (κ3) is 5.17. The molecule has 29 heavy (non-hydrogen) atoms. The van der Waals surface area contributed by atoms with Crippen LogP contribution in [0, 0.1) is 6.92 Å². The largest absolute Gasteiger partial charge is 0.411 e. The van der Waals surface area contributed by atoms with Gasteiger partial charge in [-0.15, -0.1) is 10.2 Å². The fourth-order valence-electron chi connectivity index (χ4n) is 3.31. The van der Waals surface area contributed by atoms with Crippen LogP contribution in [0.4, 0.5) is 11.4 Å². The third-order valence-electron chi connectivity index (χ3n) is 4.90. The van der Waals surface area contributed by atoms with Crippen LogP contribution in [0.25, 0.3) is 11.5 Å². The predicted molar refractivity (Wildman–Crippen MR) is 116 cm³/mol. The van der Waals surface area contributed by atoms with Gasteiger partial charge in [0.2, 0.25) is 11.8 Å². The van der Waals surface area contributed by atoms with Crippen LogP contribution in [0.3, 0.4) is 0 Å². The summed E-state index contributed by atoms with van der Waals surface area (Å²) in [6.07, 6.45) is 3.81. The minimum atomic E-state index is -0.101. The number of aryl methyl sites for hydroxylation is 1. The first-order valence-corrected chi connectivity index (χ1v) is 10.8.